The Morgan fingerprint density at radius 3 is 2.52 bits per heavy atom. The van der Waals surface area contributed by atoms with E-state index in [0.717, 1.165) is 11.3 Å². The van der Waals surface area contributed by atoms with Gasteiger partial charge in [0.25, 0.3) is 5.91 Å². The summed E-state index contributed by atoms with van der Waals surface area (Å²) >= 11 is 11.9. The average molecular weight is 373 g/mol. The van der Waals surface area contributed by atoms with Gasteiger partial charge in [0.2, 0.25) is 0 Å². The van der Waals surface area contributed by atoms with Crippen LogP contribution >= 0.6 is 23.2 Å². The van der Waals surface area contributed by atoms with E-state index < -0.39 is 0 Å². The van der Waals surface area contributed by atoms with Crippen LogP contribution in [0.3, 0.4) is 0 Å². The second-order valence-corrected chi connectivity index (χ2v) is 6.21. The zero-order valence-corrected chi connectivity index (χ0v) is 14.8. The van der Waals surface area contributed by atoms with Gasteiger partial charge in [-0.05, 0) is 42.8 Å². The third kappa shape index (κ3) is 4.47. The van der Waals surface area contributed by atoms with Crippen LogP contribution in [0.1, 0.15) is 16.1 Å². The van der Waals surface area contributed by atoms with E-state index >= 15 is 0 Å². The molecule has 0 aliphatic carbocycles. The van der Waals surface area contributed by atoms with Crippen LogP contribution in [0.2, 0.25) is 10.0 Å². The van der Waals surface area contributed by atoms with Gasteiger partial charge < -0.3 is 10.6 Å². The second-order valence-electron chi connectivity index (χ2n) is 5.34. The van der Waals surface area contributed by atoms with Crippen LogP contribution in [0.5, 0.6) is 0 Å². The molecule has 3 rings (SSSR count). The first-order valence-electron chi connectivity index (χ1n) is 7.43. The quantitative estimate of drug-likeness (QED) is 0.669. The Kier molecular flexibility index (Phi) is 5.16. The molecule has 0 aliphatic heterocycles. The molecule has 2 aromatic carbocycles. The molecule has 1 aromatic heterocycles. The number of hydrogen-bond acceptors (Lipinski definition) is 4. The molecule has 0 saturated carbocycles. The predicted octanol–water partition coefficient (Wildman–Crippen LogP) is 5.09. The van der Waals surface area contributed by atoms with Crippen LogP contribution in [0.15, 0.2) is 54.9 Å². The fourth-order valence-electron chi connectivity index (χ4n) is 2.14. The first-order valence-corrected chi connectivity index (χ1v) is 8.19. The summed E-state index contributed by atoms with van der Waals surface area (Å²) in [5.41, 5.74) is 2.54. The zero-order chi connectivity index (χ0) is 17.8. The number of rotatable bonds is 4. The van der Waals surface area contributed by atoms with E-state index in [1.54, 1.807) is 24.3 Å². The number of amides is 1. The van der Waals surface area contributed by atoms with Gasteiger partial charge in [-0.2, -0.15) is 0 Å². The van der Waals surface area contributed by atoms with Crippen molar-refractivity contribution in [1.29, 1.82) is 0 Å². The predicted molar refractivity (Wildman–Crippen MR) is 101 cm³/mol. The molecular formula is C18H14Cl2N4O. The molecule has 0 unspecified atom stereocenters. The molecule has 25 heavy (non-hydrogen) atoms. The van der Waals surface area contributed by atoms with Gasteiger partial charge in [0, 0.05) is 21.4 Å². The number of aromatic nitrogens is 2. The highest BCUT2D eigenvalue weighted by molar-refractivity contribution is 6.31. The van der Waals surface area contributed by atoms with E-state index in [-0.39, 0.29) is 11.6 Å². The number of aryl methyl sites for hydroxylation is 1. The van der Waals surface area contributed by atoms with Gasteiger partial charge in [0.05, 0.1) is 12.4 Å². The van der Waals surface area contributed by atoms with Crippen molar-refractivity contribution in [3.05, 3.63) is 76.2 Å². The van der Waals surface area contributed by atoms with Crippen molar-refractivity contribution in [3.63, 3.8) is 0 Å². The van der Waals surface area contributed by atoms with E-state index in [4.69, 9.17) is 23.2 Å². The number of nitrogens with zero attached hydrogens (tertiary/aromatic N) is 2. The zero-order valence-electron chi connectivity index (χ0n) is 13.3. The van der Waals surface area contributed by atoms with Crippen LogP contribution in [0, 0.1) is 6.92 Å². The smallest absolute Gasteiger partial charge is 0.275 e. The van der Waals surface area contributed by atoms with E-state index in [0.29, 0.717) is 21.6 Å². The largest absolute Gasteiger partial charge is 0.339 e. The first kappa shape index (κ1) is 17.2. The maximum Gasteiger partial charge on any atom is 0.275 e. The summed E-state index contributed by atoms with van der Waals surface area (Å²) in [5, 5.41) is 7.02. The fraction of sp³-hybridized carbons (Fsp3) is 0.0556. The van der Waals surface area contributed by atoms with E-state index in [1.165, 1.54) is 12.4 Å². The average Bonchev–Trinajstić information content (AvgIpc) is 2.59. The maximum absolute atomic E-state index is 12.3. The van der Waals surface area contributed by atoms with Gasteiger partial charge in [-0.3, -0.25) is 4.79 Å². The monoisotopic (exact) mass is 372 g/mol. The Hall–Kier alpha value is -2.63. The molecule has 0 atom stereocenters. The van der Waals surface area contributed by atoms with Gasteiger partial charge >= 0.3 is 0 Å². The number of anilines is 3. The van der Waals surface area contributed by atoms with Crippen LogP contribution in [-0.4, -0.2) is 15.9 Å². The van der Waals surface area contributed by atoms with Crippen LogP contribution < -0.4 is 10.6 Å². The molecule has 3 aromatic rings. The Bertz CT molecular complexity index is 913. The number of carbonyl (C=O) groups is 1. The van der Waals surface area contributed by atoms with E-state index in [9.17, 15) is 4.79 Å². The topological polar surface area (TPSA) is 66.9 Å². The molecule has 1 heterocycles. The highest BCUT2D eigenvalue weighted by atomic mass is 35.5. The second kappa shape index (κ2) is 7.51. The van der Waals surface area contributed by atoms with Gasteiger partial charge in [0.1, 0.15) is 11.5 Å². The lowest BCUT2D eigenvalue weighted by Crippen LogP contribution is -2.15. The standard InChI is InChI=1S/C18H14Cl2N4O/c1-11-5-6-13(20)8-15(11)24-18(25)16-9-22-17(10-21-16)23-14-4-2-3-12(19)7-14/h2-10H,1H3,(H,22,23)(H,24,25). The Balaban J connectivity index is 1.71. The molecule has 0 aliphatic rings. The Morgan fingerprint density at radius 2 is 1.80 bits per heavy atom. The number of carbonyl (C=O) groups excluding carboxylic acids is 1. The molecule has 126 valence electrons. The van der Waals surface area contributed by atoms with Crippen LogP contribution in [-0.2, 0) is 0 Å². The third-order valence-corrected chi connectivity index (χ3v) is 3.90. The molecule has 0 fully saturated rings. The molecule has 2 N–H and O–H groups in total. The van der Waals surface area contributed by atoms with Gasteiger partial charge in [-0.15, -0.1) is 0 Å². The maximum atomic E-state index is 12.3. The summed E-state index contributed by atoms with van der Waals surface area (Å²) in [6.45, 7) is 1.88. The summed E-state index contributed by atoms with van der Waals surface area (Å²) in [4.78, 5) is 20.6. The summed E-state index contributed by atoms with van der Waals surface area (Å²) in [7, 11) is 0. The van der Waals surface area contributed by atoms with Gasteiger partial charge in [0.15, 0.2) is 0 Å². The van der Waals surface area contributed by atoms with E-state index in [2.05, 4.69) is 20.6 Å². The summed E-state index contributed by atoms with van der Waals surface area (Å²) in [6.07, 6.45) is 2.89. The molecule has 0 radical (unpaired) electrons. The molecule has 1 amide bonds. The lowest BCUT2D eigenvalue weighted by Gasteiger charge is -2.09. The van der Waals surface area contributed by atoms with Crippen molar-refractivity contribution >= 4 is 46.3 Å². The van der Waals surface area contributed by atoms with Crippen molar-refractivity contribution in [2.75, 3.05) is 10.6 Å². The SMILES string of the molecule is Cc1ccc(Cl)cc1NC(=O)c1cnc(Nc2cccc(Cl)c2)cn1. The molecular weight excluding hydrogens is 359 g/mol. The summed E-state index contributed by atoms with van der Waals surface area (Å²) < 4.78 is 0. The van der Waals surface area contributed by atoms with Gasteiger partial charge in [-0.25, -0.2) is 9.97 Å². The van der Waals surface area contributed by atoms with Crippen molar-refractivity contribution in [3.8, 4) is 0 Å². The van der Waals surface area contributed by atoms with Crippen molar-refractivity contribution in [2.24, 2.45) is 0 Å². The minimum Gasteiger partial charge on any atom is -0.339 e. The summed E-state index contributed by atoms with van der Waals surface area (Å²) in [6, 6.07) is 12.5. The van der Waals surface area contributed by atoms with Crippen molar-refractivity contribution in [2.45, 2.75) is 6.92 Å². The minimum absolute atomic E-state index is 0.205. The molecule has 0 spiro atoms. The lowest BCUT2D eigenvalue weighted by molar-refractivity contribution is 0.102. The van der Waals surface area contributed by atoms with Crippen LogP contribution in [0.4, 0.5) is 17.2 Å². The third-order valence-electron chi connectivity index (χ3n) is 3.43. The molecule has 5 nitrogen and oxygen atoms in total. The lowest BCUT2D eigenvalue weighted by atomic mass is 10.2. The number of benzene rings is 2. The minimum atomic E-state index is -0.354. The number of nitrogens with one attached hydrogen (secondary N) is 2. The molecule has 0 saturated heterocycles. The summed E-state index contributed by atoms with van der Waals surface area (Å²) in [5.74, 6) is 0.157. The fourth-order valence-corrected chi connectivity index (χ4v) is 2.50. The molecule has 7 heteroatoms. The first-order chi connectivity index (χ1) is 12.0. The number of hydrogen-bond donors (Lipinski definition) is 2. The molecule has 0 bridgehead atoms. The highest BCUT2D eigenvalue weighted by Gasteiger charge is 2.10. The van der Waals surface area contributed by atoms with Crippen molar-refractivity contribution < 1.29 is 4.79 Å². The number of halogens is 2. The Labute approximate surface area is 155 Å². The van der Waals surface area contributed by atoms with Crippen molar-refractivity contribution in [1.82, 2.24) is 9.97 Å². The normalized spacial score (nSPS) is 10.4. The highest BCUT2D eigenvalue weighted by Crippen LogP contribution is 2.21. The van der Waals surface area contributed by atoms with E-state index in [1.807, 2.05) is 25.1 Å². The Morgan fingerprint density at radius 1 is 1.00 bits per heavy atom. The van der Waals surface area contributed by atoms with Gasteiger partial charge in [-0.1, -0.05) is 35.3 Å². The van der Waals surface area contributed by atoms with Crippen LogP contribution in [0.25, 0.3) is 0 Å².